The van der Waals surface area contributed by atoms with Crippen molar-refractivity contribution >= 4 is 28.3 Å². The zero-order chi connectivity index (χ0) is 12.8. The van der Waals surface area contributed by atoms with E-state index in [1.54, 1.807) is 7.11 Å². The summed E-state index contributed by atoms with van der Waals surface area (Å²) in [6.45, 7) is 1.49. The van der Waals surface area contributed by atoms with E-state index < -0.39 is 0 Å². The molecule has 2 aromatic carbocycles. The molecule has 0 aliphatic rings. The molecule has 0 heterocycles. The topological polar surface area (TPSA) is 21.3 Å². The lowest BCUT2D eigenvalue weighted by Gasteiger charge is -2.09. The summed E-state index contributed by atoms with van der Waals surface area (Å²) >= 11 is 2.34. The molecule has 2 aromatic rings. The molecule has 0 atom stereocenters. The Morgan fingerprint density at radius 3 is 2.61 bits per heavy atom. The highest BCUT2D eigenvalue weighted by atomic mass is 127. The maximum absolute atomic E-state index is 5.14. The molecule has 0 aromatic heterocycles. The summed E-state index contributed by atoms with van der Waals surface area (Å²) < 4.78 is 6.38. The lowest BCUT2D eigenvalue weighted by Crippen LogP contribution is -2.01. The highest BCUT2D eigenvalue weighted by Gasteiger charge is 1.99. The molecule has 0 fully saturated rings. The van der Waals surface area contributed by atoms with Gasteiger partial charge in [-0.05, 0) is 45.9 Å². The van der Waals surface area contributed by atoms with Crippen LogP contribution in [0.25, 0.3) is 0 Å². The number of benzene rings is 2. The van der Waals surface area contributed by atoms with Gasteiger partial charge in [0.2, 0.25) is 0 Å². The third kappa shape index (κ3) is 3.71. The number of ether oxygens (including phenoxy) is 1. The first-order valence-corrected chi connectivity index (χ1v) is 6.92. The maximum Gasteiger partial charge on any atom is 0.0713 e. The predicted molar refractivity (Wildman–Crippen MR) is 83.6 cm³/mol. The molecule has 0 aliphatic heterocycles. The zero-order valence-electron chi connectivity index (χ0n) is 10.3. The fourth-order valence-electron chi connectivity index (χ4n) is 1.80. The molecule has 0 bridgehead atoms. The molecule has 0 amide bonds. The van der Waals surface area contributed by atoms with Crippen LogP contribution in [0.15, 0.2) is 48.5 Å². The number of halogens is 1. The molecule has 0 saturated heterocycles. The van der Waals surface area contributed by atoms with Crippen LogP contribution in [0.3, 0.4) is 0 Å². The van der Waals surface area contributed by atoms with Gasteiger partial charge in [0.15, 0.2) is 0 Å². The van der Waals surface area contributed by atoms with Crippen molar-refractivity contribution in [2.75, 3.05) is 12.4 Å². The summed E-state index contributed by atoms with van der Waals surface area (Å²) in [4.78, 5) is 0. The highest BCUT2D eigenvalue weighted by Crippen LogP contribution is 2.18. The van der Waals surface area contributed by atoms with Crippen LogP contribution in [0.1, 0.15) is 11.1 Å². The summed E-state index contributed by atoms with van der Waals surface area (Å²) in [5.74, 6) is 0. The number of rotatable bonds is 5. The van der Waals surface area contributed by atoms with Crippen LogP contribution in [0.5, 0.6) is 0 Å². The van der Waals surface area contributed by atoms with Gasteiger partial charge >= 0.3 is 0 Å². The summed E-state index contributed by atoms with van der Waals surface area (Å²) in [6.07, 6.45) is 0. The van der Waals surface area contributed by atoms with Crippen LogP contribution < -0.4 is 5.32 Å². The van der Waals surface area contributed by atoms with Crippen molar-refractivity contribution in [3.8, 4) is 0 Å². The average molecular weight is 353 g/mol. The van der Waals surface area contributed by atoms with Gasteiger partial charge in [-0.1, -0.05) is 36.4 Å². The number of para-hydroxylation sites is 1. The van der Waals surface area contributed by atoms with E-state index in [2.05, 4.69) is 64.3 Å². The fourth-order valence-corrected chi connectivity index (χ4v) is 2.38. The Labute approximate surface area is 122 Å². The third-order valence-corrected chi connectivity index (χ3v) is 3.60. The number of anilines is 1. The van der Waals surface area contributed by atoms with Crippen molar-refractivity contribution < 1.29 is 4.74 Å². The minimum atomic E-state index is 0.663. The van der Waals surface area contributed by atoms with Crippen LogP contribution >= 0.6 is 22.6 Å². The molecule has 0 saturated carbocycles. The van der Waals surface area contributed by atoms with E-state index in [1.165, 1.54) is 20.4 Å². The predicted octanol–water partition coefficient (Wildman–Crippen LogP) is 4.05. The minimum Gasteiger partial charge on any atom is -0.380 e. The summed E-state index contributed by atoms with van der Waals surface area (Å²) in [5.41, 5.74) is 3.65. The molecule has 0 unspecified atom stereocenters. The van der Waals surface area contributed by atoms with Gasteiger partial charge in [0, 0.05) is 22.9 Å². The van der Waals surface area contributed by atoms with Gasteiger partial charge in [0.05, 0.1) is 6.61 Å². The number of nitrogens with one attached hydrogen (secondary N) is 1. The molecule has 2 rings (SSSR count). The zero-order valence-corrected chi connectivity index (χ0v) is 12.5. The average Bonchev–Trinajstić information content (AvgIpc) is 2.39. The Hall–Kier alpha value is -1.07. The van der Waals surface area contributed by atoms with Gasteiger partial charge in [-0.3, -0.25) is 0 Å². The van der Waals surface area contributed by atoms with Crippen molar-refractivity contribution in [3.63, 3.8) is 0 Å². The Balaban J connectivity index is 2.02. The molecule has 18 heavy (non-hydrogen) atoms. The number of hydrogen-bond acceptors (Lipinski definition) is 2. The van der Waals surface area contributed by atoms with E-state index >= 15 is 0 Å². The Morgan fingerprint density at radius 1 is 1.06 bits per heavy atom. The van der Waals surface area contributed by atoms with Gasteiger partial charge in [-0.15, -0.1) is 0 Å². The van der Waals surface area contributed by atoms with Crippen LogP contribution in [0.2, 0.25) is 0 Å². The quantitative estimate of drug-likeness (QED) is 0.819. The van der Waals surface area contributed by atoms with Crippen LogP contribution in [0.4, 0.5) is 5.69 Å². The van der Waals surface area contributed by atoms with Crippen molar-refractivity contribution in [1.29, 1.82) is 0 Å². The van der Waals surface area contributed by atoms with Crippen LogP contribution in [-0.4, -0.2) is 7.11 Å². The van der Waals surface area contributed by atoms with Crippen molar-refractivity contribution in [2.45, 2.75) is 13.2 Å². The first-order valence-electron chi connectivity index (χ1n) is 5.85. The largest absolute Gasteiger partial charge is 0.380 e. The Kier molecular flexibility index (Phi) is 5.01. The standard InChI is InChI=1S/C15H16INO/c1-18-11-13-6-4-5-12(9-13)10-17-15-8-3-2-7-14(15)16/h2-9,17H,10-11H2,1H3. The lowest BCUT2D eigenvalue weighted by atomic mass is 10.1. The Bertz CT molecular complexity index is 513. The fraction of sp³-hybridized carbons (Fsp3) is 0.200. The molecular weight excluding hydrogens is 337 g/mol. The van der Waals surface area contributed by atoms with E-state index in [-0.39, 0.29) is 0 Å². The molecular formula is C15H16INO. The van der Waals surface area contributed by atoms with Gasteiger partial charge in [0.1, 0.15) is 0 Å². The van der Waals surface area contributed by atoms with E-state index in [0.29, 0.717) is 6.61 Å². The smallest absolute Gasteiger partial charge is 0.0713 e. The van der Waals surface area contributed by atoms with Crippen molar-refractivity contribution in [1.82, 2.24) is 0 Å². The van der Waals surface area contributed by atoms with E-state index in [0.717, 1.165) is 6.54 Å². The maximum atomic E-state index is 5.14. The van der Waals surface area contributed by atoms with E-state index in [4.69, 9.17) is 4.74 Å². The van der Waals surface area contributed by atoms with Crippen LogP contribution in [0, 0.1) is 3.57 Å². The first kappa shape index (κ1) is 13.4. The molecule has 3 heteroatoms. The number of hydrogen-bond donors (Lipinski definition) is 1. The van der Waals surface area contributed by atoms with E-state index in [9.17, 15) is 0 Å². The lowest BCUT2D eigenvalue weighted by molar-refractivity contribution is 0.185. The third-order valence-electron chi connectivity index (χ3n) is 2.66. The Morgan fingerprint density at radius 2 is 1.83 bits per heavy atom. The molecule has 1 N–H and O–H groups in total. The second-order valence-corrected chi connectivity index (χ2v) is 5.25. The molecule has 2 nitrogen and oxygen atoms in total. The molecule has 0 radical (unpaired) electrons. The first-order chi connectivity index (χ1) is 8.79. The van der Waals surface area contributed by atoms with Gasteiger partial charge in [-0.25, -0.2) is 0 Å². The summed E-state index contributed by atoms with van der Waals surface area (Å²) in [7, 11) is 1.72. The molecule has 0 spiro atoms. The van der Waals surface area contributed by atoms with Crippen molar-refractivity contribution in [2.24, 2.45) is 0 Å². The second kappa shape index (κ2) is 6.75. The number of methoxy groups -OCH3 is 1. The summed E-state index contributed by atoms with van der Waals surface area (Å²) in [5, 5.41) is 3.45. The van der Waals surface area contributed by atoms with Crippen LogP contribution in [-0.2, 0) is 17.9 Å². The monoisotopic (exact) mass is 353 g/mol. The molecule has 94 valence electrons. The highest BCUT2D eigenvalue weighted by molar-refractivity contribution is 14.1. The summed E-state index contributed by atoms with van der Waals surface area (Å²) in [6, 6.07) is 16.7. The van der Waals surface area contributed by atoms with Gasteiger partial charge < -0.3 is 10.1 Å². The van der Waals surface area contributed by atoms with Gasteiger partial charge in [-0.2, -0.15) is 0 Å². The van der Waals surface area contributed by atoms with Crippen molar-refractivity contribution in [3.05, 3.63) is 63.2 Å². The van der Waals surface area contributed by atoms with E-state index in [1.807, 2.05) is 12.1 Å². The van der Waals surface area contributed by atoms with Gasteiger partial charge in [0.25, 0.3) is 0 Å². The minimum absolute atomic E-state index is 0.663. The second-order valence-electron chi connectivity index (χ2n) is 4.09. The normalized spacial score (nSPS) is 10.3. The SMILES string of the molecule is COCc1cccc(CNc2ccccc2I)c1. The molecule has 0 aliphatic carbocycles.